The lowest BCUT2D eigenvalue weighted by Crippen LogP contribution is -2.56. The Bertz CT molecular complexity index is 594. The summed E-state index contributed by atoms with van der Waals surface area (Å²) >= 11 is 0. The van der Waals surface area contributed by atoms with E-state index in [1.807, 2.05) is 0 Å². The van der Waals surface area contributed by atoms with Crippen LogP contribution in [0.3, 0.4) is 0 Å². The van der Waals surface area contributed by atoms with Gasteiger partial charge in [-0.25, -0.2) is 0 Å². The number of esters is 1. The van der Waals surface area contributed by atoms with Crippen LogP contribution in [0, 0.1) is 0 Å². The molecule has 1 aromatic carbocycles. The average molecular weight is 338 g/mol. The van der Waals surface area contributed by atoms with Crippen molar-refractivity contribution in [3.8, 4) is 17.2 Å². The van der Waals surface area contributed by atoms with Gasteiger partial charge < -0.3 is 29.2 Å². The number of methoxy groups -OCH3 is 4. The van der Waals surface area contributed by atoms with Crippen molar-refractivity contribution >= 4 is 11.9 Å². The molecule has 24 heavy (non-hydrogen) atoms. The van der Waals surface area contributed by atoms with Crippen LogP contribution in [0.4, 0.5) is 0 Å². The van der Waals surface area contributed by atoms with Crippen LogP contribution in [-0.2, 0) is 9.53 Å². The van der Waals surface area contributed by atoms with Gasteiger partial charge in [-0.05, 0) is 12.1 Å². The minimum Gasteiger partial charge on any atom is -0.493 e. The van der Waals surface area contributed by atoms with E-state index in [1.165, 1.54) is 28.4 Å². The SMILES string of the molecule is COC(=O)C1CN(C(=O)c2cc(OC)c(OC)c(OC)c2)CCN1. The number of hydrogen-bond donors (Lipinski definition) is 1. The number of carbonyl (C=O) groups excluding carboxylic acids is 2. The smallest absolute Gasteiger partial charge is 0.324 e. The van der Waals surface area contributed by atoms with Crippen molar-refractivity contribution in [2.24, 2.45) is 0 Å². The second-order valence-electron chi connectivity index (χ2n) is 5.20. The van der Waals surface area contributed by atoms with Crippen molar-refractivity contribution in [1.29, 1.82) is 0 Å². The van der Waals surface area contributed by atoms with Gasteiger partial charge in [0.2, 0.25) is 5.75 Å². The van der Waals surface area contributed by atoms with Gasteiger partial charge in [-0.3, -0.25) is 9.59 Å². The summed E-state index contributed by atoms with van der Waals surface area (Å²) in [7, 11) is 5.80. The van der Waals surface area contributed by atoms with E-state index in [-0.39, 0.29) is 12.5 Å². The predicted molar refractivity (Wildman–Crippen MR) is 85.8 cm³/mol. The molecule has 1 heterocycles. The number of amides is 1. The van der Waals surface area contributed by atoms with Gasteiger partial charge in [0.05, 0.1) is 28.4 Å². The fourth-order valence-electron chi connectivity index (χ4n) is 2.62. The molecule has 0 saturated carbocycles. The molecule has 1 amide bonds. The first-order valence-electron chi connectivity index (χ1n) is 7.46. The lowest BCUT2D eigenvalue weighted by Gasteiger charge is -2.32. The van der Waals surface area contributed by atoms with Gasteiger partial charge in [0.1, 0.15) is 6.04 Å². The fraction of sp³-hybridized carbons (Fsp3) is 0.500. The Labute approximate surface area is 140 Å². The number of hydrogen-bond acceptors (Lipinski definition) is 7. The van der Waals surface area contributed by atoms with Gasteiger partial charge in [-0.1, -0.05) is 0 Å². The normalized spacial score (nSPS) is 17.2. The molecule has 0 aromatic heterocycles. The number of nitrogens with one attached hydrogen (secondary N) is 1. The van der Waals surface area contributed by atoms with Crippen LogP contribution in [0.5, 0.6) is 17.2 Å². The Morgan fingerprint density at radius 3 is 2.21 bits per heavy atom. The summed E-state index contributed by atoms with van der Waals surface area (Å²) in [5, 5.41) is 3.03. The van der Waals surface area contributed by atoms with E-state index < -0.39 is 12.0 Å². The molecule has 0 aliphatic carbocycles. The zero-order valence-corrected chi connectivity index (χ0v) is 14.3. The summed E-state index contributed by atoms with van der Waals surface area (Å²) in [5.41, 5.74) is 0.398. The van der Waals surface area contributed by atoms with Crippen LogP contribution in [0.15, 0.2) is 12.1 Å². The minimum absolute atomic E-state index is 0.218. The highest BCUT2D eigenvalue weighted by molar-refractivity contribution is 5.96. The Balaban J connectivity index is 2.27. The third-order valence-corrected chi connectivity index (χ3v) is 3.86. The van der Waals surface area contributed by atoms with Crippen molar-refractivity contribution in [1.82, 2.24) is 10.2 Å². The molecule has 132 valence electrons. The van der Waals surface area contributed by atoms with Crippen LogP contribution in [0.1, 0.15) is 10.4 Å². The molecule has 1 aliphatic heterocycles. The molecule has 1 unspecified atom stereocenters. The molecule has 1 N–H and O–H groups in total. The molecular weight excluding hydrogens is 316 g/mol. The van der Waals surface area contributed by atoms with E-state index in [0.29, 0.717) is 35.9 Å². The standard InChI is InChI=1S/C16H22N2O6/c1-21-12-7-10(8-13(22-2)14(12)23-3)15(19)18-6-5-17-11(9-18)16(20)24-4/h7-8,11,17H,5-6,9H2,1-4H3. The van der Waals surface area contributed by atoms with Crippen LogP contribution >= 0.6 is 0 Å². The minimum atomic E-state index is -0.533. The zero-order chi connectivity index (χ0) is 17.7. The lowest BCUT2D eigenvalue weighted by molar-refractivity contribution is -0.144. The first-order chi connectivity index (χ1) is 11.5. The average Bonchev–Trinajstić information content (AvgIpc) is 2.65. The van der Waals surface area contributed by atoms with Crippen molar-refractivity contribution in [2.45, 2.75) is 6.04 Å². The maximum absolute atomic E-state index is 12.8. The Hall–Kier alpha value is -2.48. The molecule has 1 aliphatic rings. The number of piperazine rings is 1. The maximum atomic E-state index is 12.8. The number of rotatable bonds is 5. The summed E-state index contributed by atoms with van der Waals surface area (Å²) in [4.78, 5) is 26.1. The van der Waals surface area contributed by atoms with E-state index in [0.717, 1.165) is 0 Å². The Morgan fingerprint density at radius 1 is 1.08 bits per heavy atom. The third-order valence-electron chi connectivity index (χ3n) is 3.86. The molecule has 1 fully saturated rings. The van der Waals surface area contributed by atoms with Crippen molar-refractivity contribution in [2.75, 3.05) is 48.1 Å². The Kier molecular flexibility index (Phi) is 5.86. The quantitative estimate of drug-likeness (QED) is 0.773. The van der Waals surface area contributed by atoms with E-state index in [2.05, 4.69) is 5.32 Å². The number of nitrogens with zero attached hydrogens (tertiary/aromatic N) is 1. The van der Waals surface area contributed by atoms with Gasteiger partial charge in [-0.2, -0.15) is 0 Å². The van der Waals surface area contributed by atoms with E-state index in [4.69, 9.17) is 18.9 Å². The van der Waals surface area contributed by atoms with Gasteiger partial charge in [0.25, 0.3) is 5.91 Å². The molecule has 0 radical (unpaired) electrons. The van der Waals surface area contributed by atoms with E-state index >= 15 is 0 Å². The van der Waals surface area contributed by atoms with Crippen molar-refractivity contribution in [3.63, 3.8) is 0 Å². The first-order valence-corrected chi connectivity index (χ1v) is 7.46. The third kappa shape index (κ3) is 3.53. The second-order valence-corrected chi connectivity index (χ2v) is 5.20. The molecule has 0 spiro atoms. The van der Waals surface area contributed by atoms with Crippen molar-refractivity contribution in [3.05, 3.63) is 17.7 Å². The van der Waals surface area contributed by atoms with E-state index in [9.17, 15) is 9.59 Å². The largest absolute Gasteiger partial charge is 0.493 e. The van der Waals surface area contributed by atoms with Crippen molar-refractivity contribution < 1.29 is 28.5 Å². The molecule has 2 rings (SSSR count). The van der Waals surface area contributed by atoms with E-state index in [1.54, 1.807) is 17.0 Å². The highest BCUT2D eigenvalue weighted by Crippen LogP contribution is 2.38. The Morgan fingerprint density at radius 2 is 1.71 bits per heavy atom. The van der Waals surface area contributed by atoms with Crippen LogP contribution < -0.4 is 19.5 Å². The number of ether oxygens (including phenoxy) is 4. The van der Waals surface area contributed by atoms with Crippen LogP contribution in [0.25, 0.3) is 0 Å². The lowest BCUT2D eigenvalue weighted by atomic mass is 10.1. The number of carbonyl (C=O) groups is 2. The van der Waals surface area contributed by atoms with Gasteiger partial charge in [-0.15, -0.1) is 0 Å². The van der Waals surface area contributed by atoms with Crippen LogP contribution in [0.2, 0.25) is 0 Å². The summed E-state index contributed by atoms with van der Waals surface area (Å²) in [6, 6.07) is 2.66. The zero-order valence-electron chi connectivity index (χ0n) is 14.3. The monoisotopic (exact) mass is 338 g/mol. The second kappa shape index (κ2) is 7.87. The van der Waals surface area contributed by atoms with Gasteiger partial charge in [0, 0.05) is 25.2 Å². The molecular formula is C16H22N2O6. The fourth-order valence-corrected chi connectivity index (χ4v) is 2.62. The van der Waals surface area contributed by atoms with Crippen LogP contribution in [-0.4, -0.2) is 70.9 Å². The predicted octanol–water partition coefficient (Wildman–Crippen LogP) is 0.299. The summed E-state index contributed by atoms with van der Waals surface area (Å²) in [6.07, 6.45) is 0. The molecule has 0 bridgehead atoms. The highest BCUT2D eigenvalue weighted by Gasteiger charge is 2.30. The molecule has 8 heteroatoms. The highest BCUT2D eigenvalue weighted by atomic mass is 16.5. The molecule has 1 atom stereocenters. The van der Waals surface area contributed by atoms with Gasteiger partial charge in [0.15, 0.2) is 11.5 Å². The molecule has 1 saturated heterocycles. The summed E-state index contributed by atoms with van der Waals surface area (Å²) in [6.45, 7) is 1.24. The maximum Gasteiger partial charge on any atom is 0.324 e. The van der Waals surface area contributed by atoms with Gasteiger partial charge >= 0.3 is 5.97 Å². The molecule has 8 nitrogen and oxygen atoms in total. The first kappa shape index (κ1) is 17.9. The summed E-state index contributed by atoms with van der Waals surface area (Å²) < 4.78 is 20.5. The molecule has 1 aromatic rings. The topological polar surface area (TPSA) is 86.3 Å². The number of benzene rings is 1. The summed E-state index contributed by atoms with van der Waals surface area (Å²) in [5.74, 6) is 0.617.